The van der Waals surface area contributed by atoms with Crippen molar-refractivity contribution < 1.29 is 14.3 Å². The first kappa shape index (κ1) is 12.8. The summed E-state index contributed by atoms with van der Waals surface area (Å²) in [5.41, 5.74) is 2.80. The third-order valence-electron chi connectivity index (χ3n) is 3.22. The van der Waals surface area contributed by atoms with Gasteiger partial charge in [-0.15, -0.1) is 0 Å². The van der Waals surface area contributed by atoms with E-state index in [-0.39, 0.29) is 18.2 Å². The molecule has 1 aromatic rings. The second kappa shape index (κ2) is 5.31. The van der Waals surface area contributed by atoms with Gasteiger partial charge in [-0.3, -0.25) is 4.79 Å². The van der Waals surface area contributed by atoms with Gasteiger partial charge in [-0.1, -0.05) is 12.1 Å². The summed E-state index contributed by atoms with van der Waals surface area (Å²) in [6.45, 7) is 3.22. The van der Waals surface area contributed by atoms with Crippen molar-refractivity contribution in [1.29, 1.82) is 0 Å². The van der Waals surface area contributed by atoms with E-state index in [9.17, 15) is 9.18 Å². The number of hydrogen-bond donors (Lipinski definition) is 2. The number of carbonyl (C=O) groups is 1. The maximum absolute atomic E-state index is 13.1. The van der Waals surface area contributed by atoms with Crippen molar-refractivity contribution in [2.45, 2.75) is 13.3 Å². The van der Waals surface area contributed by atoms with E-state index in [2.05, 4.69) is 5.32 Å². The number of carboxylic acids is 1. The van der Waals surface area contributed by atoms with Gasteiger partial charge in [-0.25, -0.2) is 4.39 Å². The quantitative estimate of drug-likeness (QED) is 0.863. The van der Waals surface area contributed by atoms with E-state index in [4.69, 9.17) is 5.11 Å². The molecule has 0 aliphatic carbocycles. The van der Waals surface area contributed by atoms with Gasteiger partial charge in [0.15, 0.2) is 0 Å². The van der Waals surface area contributed by atoms with Crippen LogP contribution in [0.15, 0.2) is 24.3 Å². The predicted octanol–water partition coefficient (Wildman–Crippen LogP) is 2.21. The van der Waals surface area contributed by atoms with Crippen LogP contribution in [0.1, 0.15) is 17.5 Å². The molecule has 3 nitrogen and oxygen atoms in total. The van der Waals surface area contributed by atoms with Gasteiger partial charge in [0.05, 0.1) is 6.42 Å². The van der Waals surface area contributed by atoms with Crippen LogP contribution in [-0.2, 0) is 4.79 Å². The molecule has 0 saturated heterocycles. The first-order valence-electron chi connectivity index (χ1n) is 5.97. The molecule has 0 saturated carbocycles. The number of rotatable bonds is 3. The zero-order valence-electron chi connectivity index (χ0n) is 10.2. The molecule has 18 heavy (non-hydrogen) atoms. The fourth-order valence-corrected chi connectivity index (χ4v) is 2.39. The van der Waals surface area contributed by atoms with E-state index >= 15 is 0 Å². The maximum Gasteiger partial charge on any atom is 0.304 e. The van der Waals surface area contributed by atoms with Gasteiger partial charge in [-0.2, -0.15) is 0 Å². The predicted molar refractivity (Wildman–Crippen MR) is 67.7 cm³/mol. The average Bonchev–Trinajstić information content (AvgIpc) is 2.30. The van der Waals surface area contributed by atoms with Crippen molar-refractivity contribution in [1.82, 2.24) is 5.32 Å². The van der Waals surface area contributed by atoms with Crippen molar-refractivity contribution in [3.63, 3.8) is 0 Å². The molecule has 0 radical (unpaired) electrons. The summed E-state index contributed by atoms with van der Waals surface area (Å²) in [4.78, 5) is 10.9. The molecule has 1 aliphatic heterocycles. The smallest absolute Gasteiger partial charge is 0.304 e. The Morgan fingerprint density at radius 1 is 1.56 bits per heavy atom. The fourth-order valence-electron chi connectivity index (χ4n) is 2.39. The van der Waals surface area contributed by atoms with Crippen LogP contribution in [-0.4, -0.2) is 24.2 Å². The van der Waals surface area contributed by atoms with Gasteiger partial charge < -0.3 is 10.4 Å². The van der Waals surface area contributed by atoms with Gasteiger partial charge >= 0.3 is 5.97 Å². The Kier molecular flexibility index (Phi) is 3.77. The molecule has 0 amide bonds. The Bertz CT molecular complexity index is 497. The Morgan fingerprint density at radius 3 is 3.00 bits per heavy atom. The molecule has 2 N–H and O–H groups in total. The first-order chi connectivity index (χ1) is 8.58. The van der Waals surface area contributed by atoms with Crippen molar-refractivity contribution >= 4 is 11.5 Å². The summed E-state index contributed by atoms with van der Waals surface area (Å²) in [7, 11) is 0. The summed E-state index contributed by atoms with van der Waals surface area (Å²) in [5.74, 6) is -1.13. The number of halogens is 1. The largest absolute Gasteiger partial charge is 0.481 e. The highest BCUT2D eigenvalue weighted by Crippen LogP contribution is 2.30. The Hall–Kier alpha value is -1.68. The molecule has 0 bridgehead atoms. The maximum atomic E-state index is 13.1. The summed E-state index contributed by atoms with van der Waals surface area (Å²) >= 11 is 0. The number of aryl methyl sites for hydroxylation is 1. The molecular weight excluding hydrogens is 233 g/mol. The van der Waals surface area contributed by atoms with Crippen LogP contribution in [0.25, 0.3) is 5.57 Å². The van der Waals surface area contributed by atoms with Crippen molar-refractivity contribution in [3.8, 4) is 0 Å². The second-order valence-electron chi connectivity index (χ2n) is 4.57. The number of carboxylic acid groups (broad SMARTS) is 1. The standard InChI is InChI=1S/C14H16FNO2/c1-9-6-11(15)2-3-12(9)13-4-5-16-8-10(13)7-14(17)18/h2-4,6,10,16H,5,7-8H2,1H3,(H,17,18)/t10-/m0/s1. The highest BCUT2D eigenvalue weighted by molar-refractivity contribution is 5.76. The highest BCUT2D eigenvalue weighted by Gasteiger charge is 2.22. The number of nitrogens with one attached hydrogen (secondary N) is 1. The van der Waals surface area contributed by atoms with Crippen molar-refractivity contribution in [2.24, 2.45) is 5.92 Å². The molecule has 0 spiro atoms. The Balaban J connectivity index is 2.33. The Labute approximate surface area is 105 Å². The SMILES string of the molecule is Cc1cc(F)ccc1C1=CCNC[C@@H]1CC(=O)O. The number of aliphatic carboxylic acids is 1. The van der Waals surface area contributed by atoms with E-state index in [0.29, 0.717) is 6.54 Å². The van der Waals surface area contributed by atoms with Gasteiger partial charge in [-0.05, 0) is 35.8 Å². The lowest BCUT2D eigenvalue weighted by Gasteiger charge is -2.25. The lowest BCUT2D eigenvalue weighted by molar-refractivity contribution is -0.137. The number of hydrogen-bond acceptors (Lipinski definition) is 2. The van der Waals surface area contributed by atoms with E-state index in [1.165, 1.54) is 12.1 Å². The topological polar surface area (TPSA) is 49.3 Å². The molecule has 1 heterocycles. The lowest BCUT2D eigenvalue weighted by atomic mass is 9.85. The zero-order chi connectivity index (χ0) is 13.1. The van der Waals surface area contributed by atoms with Crippen LogP contribution in [0.4, 0.5) is 4.39 Å². The third kappa shape index (κ3) is 2.76. The minimum Gasteiger partial charge on any atom is -0.481 e. The monoisotopic (exact) mass is 249 g/mol. The van der Waals surface area contributed by atoms with E-state index in [0.717, 1.165) is 23.2 Å². The molecule has 96 valence electrons. The highest BCUT2D eigenvalue weighted by atomic mass is 19.1. The van der Waals surface area contributed by atoms with E-state index in [1.54, 1.807) is 6.07 Å². The molecule has 0 aromatic heterocycles. The lowest BCUT2D eigenvalue weighted by Crippen LogP contribution is -2.30. The van der Waals surface area contributed by atoms with Crippen LogP contribution in [0.5, 0.6) is 0 Å². The van der Waals surface area contributed by atoms with Gasteiger partial charge in [0, 0.05) is 19.0 Å². The summed E-state index contributed by atoms with van der Waals surface area (Å²) in [5, 5.41) is 12.1. The summed E-state index contributed by atoms with van der Waals surface area (Å²) in [6, 6.07) is 4.63. The van der Waals surface area contributed by atoms with E-state index in [1.807, 2.05) is 13.0 Å². The average molecular weight is 249 g/mol. The number of benzene rings is 1. The minimum absolute atomic E-state index is 0.0552. The molecule has 2 rings (SSSR count). The summed E-state index contributed by atoms with van der Waals surface area (Å²) in [6.07, 6.45) is 2.09. The van der Waals surface area contributed by atoms with Crippen LogP contribution >= 0.6 is 0 Å². The Morgan fingerprint density at radius 2 is 2.33 bits per heavy atom. The fraction of sp³-hybridized carbons (Fsp3) is 0.357. The van der Waals surface area contributed by atoms with Crippen LogP contribution in [0.2, 0.25) is 0 Å². The molecule has 0 fully saturated rings. The summed E-state index contributed by atoms with van der Waals surface area (Å²) < 4.78 is 13.1. The second-order valence-corrected chi connectivity index (χ2v) is 4.57. The molecule has 1 aromatic carbocycles. The third-order valence-corrected chi connectivity index (χ3v) is 3.22. The van der Waals surface area contributed by atoms with Crippen LogP contribution < -0.4 is 5.32 Å². The van der Waals surface area contributed by atoms with Gasteiger partial charge in [0.2, 0.25) is 0 Å². The molecule has 1 atom stereocenters. The molecular formula is C14H16FNO2. The van der Waals surface area contributed by atoms with Gasteiger partial charge in [0.1, 0.15) is 5.82 Å². The van der Waals surface area contributed by atoms with Crippen molar-refractivity contribution in [3.05, 3.63) is 41.2 Å². The van der Waals surface area contributed by atoms with Crippen molar-refractivity contribution in [2.75, 3.05) is 13.1 Å². The van der Waals surface area contributed by atoms with Crippen LogP contribution in [0, 0.1) is 18.7 Å². The first-order valence-corrected chi connectivity index (χ1v) is 5.97. The minimum atomic E-state index is -0.811. The zero-order valence-corrected chi connectivity index (χ0v) is 10.2. The van der Waals surface area contributed by atoms with Gasteiger partial charge in [0.25, 0.3) is 0 Å². The molecule has 4 heteroatoms. The normalized spacial score (nSPS) is 19.4. The van der Waals surface area contributed by atoms with Crippen LogP contribution in [0.3, 0.4) is 0 Å². The molecule has 0 unspecified atom stereocenters. The van der Waals surface area contributed by atoms with E-state index < -0.39 is 5.97 Å². The molecule has 1 aliphatic rings.